The third-order valence-electron chi connectivity index (χ3n) is 2.99. The van der Waals surface area contributed by atoms with Crippen molar-refractivity contribution in [1.82, 2.24) is 0 Å². The summed E-state index contributed by atoms with van der Waals surface area (Å²) in [5.41, 5.74) is 0.115. The van der Waals surface area contributed by atoms with Crippen LogP contribution in [-0.2, 0) is 0 Å². The molecule has 0 aliphatic heterocycles. The number of nitro benzene ring substituents is 1. The normalized spacial score (nSPS) is 10.2. The van der Waals surface area contributed by atoms with Crippen LogP contribution in [0.1, 0.15) is 15.9 Å². The zero-order valence-corrected chi connectivity index (χ0v) is 13.1. The van der Waals surface area contributed by atoms with Crippen LogP contribution in [0.3, 0.4) is 0 Å². The SMILES string of the molecule is C=Cc1cc(Cl)c([N+](=O)[O-])cc1NC(=O)c1cc(Cl)ccc1O. The average Bonchev–Trinajstić information content (AvgIpc) is 2.50. The van der Waals surface area contributed by atoms with Crippen LogP contribution in [-0.4, -0.2) is 15.9 Å². The monoisotopic (exact) mass is 352 g/mol. The molecule has 8 heteroatoms. The first-order valence-electron chi connectivity index (χ1n) is 6.23. The van der Waals surface area contributed by atoms with E-state index in [-0.39, 0.29) is 32.7 Å². The molecule has 0 atom stereocenters. The van der Waals surface area contributed by atoms with E-state index in [0.717, 1.165) is 6.07 Å². The topological polar surface area (TPSA) is 92.5 Å². The summed E-state index contributed by atoms with van der Waals surface area (Å²) in [4.78, 5) is 22.5. The number of amides is 1. The lowest BCUT2D eigenvalue weighted by atomic mass is 10.1. The van der Waals surface area contributed by atoms with E-state index < -0.39 is 10.8 Å². The van der Waals surface area contributed by atoms with Crippen LogP contribution in [0.15, 0.2) is 36.9 Å². The Hall–Kier alpha value is -2.57. The minimum Gasteiger partial charge on any atom is -0.507 e. The number of carbonyl (C=O) groups is 1. The first kappa shape index (κ1) is 16.8. The fourth-order valence-electron chi connectivity index (χ4n) is 1.87. The number of nitro groups is 1. The van der Waals surface area contributed by atoms with Crippen LogP contribution in [0, 0.1) is 10.1 Å². The van der Waals surface area contributed by atoms with Gasteiger partial charge in [0.25, 0.3) is 11.6 Å². The lowest BCUT2D eigenvalue weighted by Crippen LogP contribution is -2.13. The molecule has 0 unspecified atom stereocenters. The second-order valence-corrected chi connectivity index (χ2v) is 5.31. The third kappa shape index (κ3) is 3.61. The van der Waals surface area contributed by atoms with E-state index >= 15 is 0 Å². The van der Waals surface area contributed by atoms with Gasteiger partial charge >= 0.3 is 0 Å². The molecule has 2 rings (SSSR count). The summed E-state index contributed by atoms with van der Waals surface area (Å²) in [7, 11) is 0. The smallest absolute Gasteiger partial charge is 0.289 e. The molecule has 6 nitrogen and oxygen atoms in total. The molecular formula is C15H10Cl2N2O4. The van der Waals surface area contributed by atoms with Crippen molar-refractivity contribution in [1.29, 1.82) is 0 Å². The molecule has 2 N–H and O–H groups in total. The van der Waals surface area contributed by atoms with Gasteiger partial charge in [-0.1, -0.05) is 35.9 Å². The minimum absolute atomic E-state index is 0.0647. The predicted molar refractivity (Wildman–Crippen MR) is 89.3 cm³/mol. The highest BCUT2D eigenvalue weighted by molar-refractivity contribution is 6.33. The van der Waals surface area contributed by atoms with E-state index in [4.69, 9.17) is 23.2 Å². The zero-order valence-electron chi connectivity index (χ0n) is 11.5. The van der Waals surface area contributed by atoms with E-state index in [0.29, 0.717) is 5.56 Å². The Bertz CT molecular complexity index is 821. The lowest BCUT2D eigenvalue weighted by Gasteiger charge is -2.10. The quantitative estimate of drug-likeness (QED) is 0.625. The summed E-state index contributed by atoms with van der Waals surface area (Å²) in [6.45, 7) is 3.57. The number of hydrogen-bond donors (Lipinski definition) is 2. The van der Waals surface area contributed by atoms with Gasteiger partial charge in [-0.2, -0.15) is 0 Å². The van der Waals surface area contributed by atoms with Gasteiger partial charge in [0.1, 0.15) is 10.8 Å². The Balaban J connectivity index is 2.44. The number of benzene rings is 2. The molecule has 118 valence electrons. The molecule has 2 aromatic carbocycles. The molecule has 0 aliphatic rings. The maximum absolute atomic E-state index is 12.3. The summed E-state index contributed by atoms with van der Waals surface area (Å²) in [5.74, 6) is -0.944. The summed E-state index contributed by atoms with van der Waals surface area (Å²) in [6, 6.07) is 6.43. The number of phenols is 1. The van der Waals surface area contributed by atoms with Crippen LogP contribution in [0.5, 0.6) is 5.75 Å². The Kier molecular flexibility index (Phi) is 4.88. The van der Waals surface area contributed by atoms with Crippen molar-refractivity contribution in [3.8, 4) is 5.75 Å². The molecule has 1 amide bonds. The first-order chi connectivity index (χ1) is 10.8. The Morgan fingerprint density at radius 3 is 2.61 bits per heavy atom. The predicted octanol–water partition coefficient (Wildman–Crippen LogP) is 4.50. The van der Waals surface area contributed by atoms with E-state index in [2.05, 4.69) is 11.9 Å². The van der Waals surface area contributed by atoms with Gasteiger partial charge in [0.15, 0.2) is 0 Å². The minimum atomic E-state index is -0.676. The van der Waals surface area contributed by atoms with Crippen LogP contribution < -0.4 is 5.32 Å². The van der Waals surface area contributed by atoms with Crippen LogP contribution >= 0.6 is 23.2 Å². The summed E-state index contributed by atoms with van der Waals surface area (Å²) in [6.07, 6.45) is 1.39. The van der Waals surface area contributed by atoms with Crippen molar-refractivity contribution >= 4 is 46.6 Å². The molecular weight excluding hydrogens is 343 g/mol. The zero-order chi connectivity index (χ0) is 17.1. The van der Waals surface area contributed by atoms with Crippen molar-refractivity contribution in [2.75, 3.05) is 5.32 Å². The molecule has 2 aromatic rings. The van der Waals surface area contributed by atoms with Crippen molar-refractivity contribution in [2.24, 2.45) is 0 Å². The number of nitrogens with one attached hydrogen (secondary N) is 1. The fourth-order valence-corrected chi connectivity index (χ4v) is 2.29. The van der Waals surface area contributed by atoms with Crippen LogP contribution in [0.25, 0.3) is 6.08 Å². The average molecular weight is 353 g/mol. The molecule has 0 saturated carbocycles. The summed E-state index contributed by atoms with van der Waals surface area (Å²) >= 11 is 11.6. The van der Waals surface area contributed by atoms with E-state index in [9.17, 15) is 20.0 Å². The molecule has 0 fully saturated rings. The van der Waals surface area contributed by atoms with Gasteiger partial charge in [-0.05, 0) is 29.8 Å². The maximum Gasteiger partial charge on any atom is 0.289 e. The second kappa shape index (κ2) is 6.68. The van der Waals surface area contributed by atoms with E-state index in [1.807, 2.05) is 0 Å². The number of hydrogen-bond acceptors (Lipinski definition) is 4. The molecule has 0 heterocycles. The number of nitrogens with zero attached hydrogens (tertiary/aromatic N) is 1. The molecule has 0 aromatic heterocycles. The van der Waals surface area contributed by atoms with Gasteiger partial charge in [0, 0.05) is 11.1 Å². The molecule has 0 saturated heterocycles. The fraction of sp³-hybridized carbons (Fsp3) is 0. The molecule has 0 radical (unpaired) electrons. The number of carbonyl (C=O) groups excluding carboxylic acids is 1. The van der Waals surface area contributed by atoms with Gasteiger partial charge < -0.3 is 10.4 Å². The number of aromatic hydroxyl groups is 1. The largest absolute Gasteiger partial charge is 0.507 e. The van der Waals surface area contributed by atoms with Gasteiger partial charge in [0.2, 0.25) is 0 Å². The van der Waals surface area contributed by atoms with Crippen molar-refractivity contribution in [3.63, 3.8) is 0 Å². The summed E-state index contributed by atoms with van der Waals surface area (Å²) < 4.78 is 0. The van der Waals surface area contributed by atoms with Crippen molar-refractivity contribution in [3.05, 3.63) is 68.2 Å². The third-order valence-corrected chi connectivity index (χ3v) is 3.52. The molecule has 0 spiro atoms. The number of anilines is 1. The van der Waals surface area contributed by atoms with E-state index in [1.54, 1.807) is 0 Å². The summed E-state index contributed by atoms with van der Waals surface area (Å²) in [5, 5.41) is 23.3. The lowest BCUT2D eigenvalue weighted by molar-refractivity contribution is -0.384. The molecule has 0 bridgehead atoms. The molecule has 23 heavy (non-hydrogen) atoms. The highest BCUT2D eigenvalue weighted by Gasteiger charge is 2.19. The number of rotatable bonds is 4. The highest BCUT2D eigenvalue weighted by atomic mass is 35.5. The Labute approximate surface area is 141 Å². The highest BCUT2D eigenvalue weighted by Crippen LogP contribution is 2.32. The van der Waals surface area contributed by atoms with E-state index in [1.165, 1.54) is 30.3 Å². The maximum atomic E-state index is 12.3. The Morgan fingerprint density at radius 2 is 2.00 bits per heavy atom. The number of halogens is 2. The first-order valence-corrected chi connectivity index (χ1v) is 6.99. The van der Waals surface area contributed by atoms with Crippen molar-refractivity contribution in [2.45, 2.75) is 0 Å². The standard InChI is InChI=1S/C15H10Cl2N2O4/c1-2-8-5-11(17)13(19(22)23)7-12(8)18-15(21)10-6-9(16)3-4-14(10)20/h2-7,20H,1H2,(H,18,21). The second-order valence-electron chi connectivity index (χ2n) is 4.47. The van der Waals surface area contributed by atoms with Crippen LogP contribution in [0.2, 0.25) is 10.0 Å². The van der Waals surface area contributed by atoms with Gasteiger partial charge in [-0.3, -0.25) is 14.9 Å². The van der Waals surface area contributed by atoms with Gasteiger partial charge in [-0.25, -0.2) is 0 Å². The van der Waals surface area contributed by atoms with Gasteiger partial charge in [-0.15, -0.1) is 0 Å². The van der Waals surface area contributed by atoms with Gasteiger partial charge in [0.05, 0.1) is 16.2 Å². The molecule has 0 aliphatic carbocycles. The Morgan fingerprint density at radius 1 is 1.30 bits per heavy atom. The number of phenolic OH excluding ortho intramolecular Hbond substituents is 1. The van der Waals surface area contributed by atoms with Crippen molar-refractivity contribution < 1.29 is 14.8 Å². The van der Waals surface area contributed by atoms with Crippen LogP contribution in [0.4, 0.5) is 11.4 Å².